The van der Waals surface area contributed by atoms with Gasteiger partial charge in [-0.1, -0.05) is 6.07 Å². The van der Waals surface area contributed by atoms with Crippen LogP contribution in [0.25, 0.3) is 0 Å². The van der Waals surface area contributed by atoms with Gasteiger partial charge in [0, 0.05) is 0 Å². The number of aldehydes is 1. The molecule has 0 saturated carbocycles. The minimum Gasteiger partial charge on any atom is -0.495 e. The predicted molar refractivity (Wildman–Crippen MR) is 48.1 cm³/mol. The molecule has 76 valence electrons. The van der Waals surface area contributed by atoms with Crippen molar-refractivity contribution in [2.24, 2.45) is 0 Å². The molecule has 0 N–H and O–H groups in total. The van der Waals surface area contributed by atoms with Crippen LogP contribution >= 0.6 is 0 Å². The van der Waals surface area contributed by atoms with E-state index in [0.29, 0.717) is 11.8 Å². The van der Waals surface area contributed by atoms with Gasteiger partial charge in [-0.05, 0) is 18.6 Å². The first-order valence-electron chi connectivity index (χ1n) is 4.02. The fraction of sp³-hybridized carbons (Fsp3) is 0.300. The van der Waals surface area contributed by atoms with Crippen molar-refractivity contribution in [3.05, 3.63) is 28.8 Å². The maximum atomic E-state index is 12.5. The molecule has 0 amide bonds. The zero-order valence-electron chi connectivity index (χ0n) is 7.88. The molecule has 0 bridgehead atoms. The van der Waals surface area contributed by atoms with E-state index in [1.54, 1.807) is 6.92 Å². The van der Waals surface area contributed by atoms with Gasteiger partial charge in [-0.15, -0.1) is 0 Å². The van der Waals surface area contributed by atoms with Gasteiger partial charge in [-0.25, -0.2) is 8.78 Å². The Kier molecular flexibility index (Phi) is 3.17. The Morgan fingerprint density at radius 3 is 2.50 bits per heavy atom. The molecule has 0 aliphatic carbocycles. The van der Waals surface area contributed by atoms with Crippen molar-refractivity contribution in [2.45, 2.75) is 13.3 Å². The first-order valence-corrected chi connectivity index (χ1v) is 4.02. The molecule has 0 radical (unpaired) electrons. The topological polar surface area (TPSA) is 26.3 Å². The van der Waals surface area contributed by atoms with E-state index < -0.39 is 6.43 Å². The molecule has 14 heavy (non-hydrogen) atoms. The SMILES string of the molecule is COc1c(C(F)F)ccc(C)c1C=O. The molecule has 2 nitrogen and oxygen atoms in total. The zero-order chi connectivity index (χ0) is 10.7. The summed E-state index contributed by atoms with van der Waals surface area (Å²) in [5.41, 5.74) is 0.562. The van der Waals surface area contributed by atoms with E-state index in [4.69, 9.17) is 4.74 Å². The van der Waals surface area contributed by atoms with Gasteiger partial charge in [0.15, 0.2) is 6.29 Å². The van der Waals surface area contributed by atoms with Crippen LogP contribution in [-0.4, -0.2) is 13.4 Å². The van der Waals surface area contributed by atoms with Gasteiger partial charge in [0.1, 0.15) is 5.75 Å². The molecule has 1 aromatic rings. The van der Waals surface area contributed by atoms with Crippen LogP contribution in [-0.2, 0) is 0 Å². The third kappa shape index (κ3) is 1.73. The van der Waals surface area contributed by atoms with Gasteiger partial charge in [-0.2, -0.15) is 0 Å². The Balaban J connectivity index is 3.40. The number of hydrogen-bond acceptors (Lipinski definition) is 2. The average Bonchev–Trinajstić information content (AvgIpc) is 2.16. The number of hydrogen-bond donors (Lipinski definition) is 0. The number of alkyl halides is 2. The van der Waals surface area contributed by atoms with Crippen molar-refractivity contribution >= 4 is 6.29 Å². The van der Waals surface area contributed by atoms with Crippen LogP contribution in [0.2, 0.25) is 0 Å². The highest BCUT2D eigenvalue weighted by Gasteiger charge is 2.18. The number of ether oxygens (including phenoxy) is 1. The highest BCUT2D eigenvalue weighted by Crippen LogP contribution is 2.32. The molecule has 0 spiro atoms. The van der Waals surface area contributed by atoms with E-state index in [1.165, 1.54) is 19.2 Å². The Morgan fingerprint density at radius 1 is 1.43 bits per heavy atom. The number of halogens is 2. The van der Waals surface area contributed by atoms with E-state index in [2.05, 4.69) is 0 Å². The lowest BCUT2D eigenvalue weighted by Gasteiger charge is -2.11. The number of methoxy groups -OCH3 is 1. The van der Waals surface area contributed by atoms with Crippen LogP contribution in [0.5, 0.6) is 5.75 Å². The summed E-state index contributed by atoms with van der Waals surface area (Å²) in [5.74, 6) is -0.0324. The van der Waals surface area contributed by atoms with Gasteiger partial charge in [-0.3, -0.25) is 4.79 Å². The molecule has 0 fully saturated rings. The van der Waals surface area contributed by atoms with Crippen LogP contribution in [0.15, 0.2) is 12.1 Å². The maximum absolute atomic E-state index is 12.5. The third-order valence-corrected chi connectivity index (χ3v) is 2.00. The van der Waals surface area contributed by atoms with Gasteiger partial charge in [0.25, 0.3) is 6.43 Å². The molecule has 0 saturated heterocycles. The van der Waals surface area contributed by atoms with Crippen molar-refractivity contribution in [3.8, 4) is 5.75 Å². The quantitative estimate of drug-likeness (QED) is 0.701. The highest BCUT2D eigenvalue weighted by atomic mass is 19.3. The molecule has 1 rings (SSSR count). The van der Waals surface area contributed by atoms with Crippen LogP contribution in [0.4, 0.5) is 8.78 Å². The number of carbonyl (C=O) groups excluding carboxylic acids is 1. The van der Waals surface area contributed by atoms with Crippen molar-refractivity contribution in [2.75, 3.05) is 7.11 Å². The van der Waals surface area contributed by atoms with Crippen LogP contribution in [0.1, 0.15) is 27.9 Å². The van der Waals surface area contributed by atoms with Crippen LogP contribution in [0.3, 0.4) is 0 Å². The lowest BCUT2D eigenvalue weighted by Crippen LogP contribution is -1.99. The van der Waals surface area contributed by atoms with Gasteiger partial charge in [0.05, 0.1) is 18.2 Å². The number of aryl methyl sites for hydroxylation is 1. The zero-order valence-corrected chi connectivity index (χ0v) is 7.88. The summed E-state index contributed by atoms with van der Waals surface area (Å²) in [5, 5.41) is 0. The lowest BCUT2D eigenvalue weighted by atomic mass is 10.0. The third-order valence-electron chi connectivity index (χ3n) is 2.00. The van der Waals surface area contributed by atoms with E-state index >= 15 is 0 Å². The Morgan fingerprint density at radius 2 is 2.07 bits per heavy atom. The standard InChI is InChI=1S/C10H10F2O2/c1-6-3-4-7(10(11)12)9(14-2)8(6)5-13/h3-5,10H,1-2H3. The fourth-order valence-electron chi connectivity index (χ4n) is 1.26. The smallest absolute Gasteiger partial charge is 0.267 e. The molecule has 1 aromatic carbocycles. The molecule has 4 heteroatoms. The second-order valence-electron chi connectivity index (χ2n) is 2.84. The second-order valence-corrected chi connectivity index (χ2v) is 2.84. The lowest BCUT2D eigenvalue weighted by molar-refractivity contribution is 0.111. The summed E-state index contributed by atoms with van der Waals surface area (Å²) in [6.07, 6.45) is -2.11. The number of carbonyl (C=O) groups is 1. The number of rotatable bonds is 3. The molecule has 0 aliphatic rings. The van der Waals surface area contributed by atoms with Gasteiger partial charge >= 0.3 is 0 Å². The average molecular weight is 200 g/mol. The second kappa shape index (κ2) is 4.17. The largest absolute Gasteiger partial charge is 0.495 e. The van der Waals surface area contributed by atoms with Crippen molar-refractivity contribution in [3.63, 3.8) is 0 Å². The summed E-state index contributed by atoms with van der Waals surface area (Å²) in [4.78, 5) is 10.7. The molecule has 0 unspecified atom stereocenters. The number of benzene rings is 1. The normalized spacial score (nSPS) is 10.4. The molecule has 0 atom stereocenters. The van der Waals surface area contributed by atoms with Crippen molar-refractivity contribution in [1.82, 2.24) is 0 Å². The molecular weight excluding hydrogens is 190 g/mol. The summed E-state index contributed by atoms with van der Waals surface area (Å²) in [6.45, 7) is 1.67. The minimum absolute atomic E-state index is 0.0324. The van der Waals surface area contributed by atoms with E-state index in [0.717, 1.165) is 0 Å². The van der Waals surface area contributed by atoms with Gasteiger partial charge in [0.2, 0.25) is 0 Å². The molecule has 0 aromatic heterocycles. The van der Waals surface area contributed by atoms with Gasteiger partial charge < -0.3 is 4.74 Å². The van der Waals surface area contributed by atoms with Crippen molar-refractivity contribution < 1.29 is 18.3 Å². The van der Waals surface area contributed by atoms with E-state index in [1.807, 2.05) is 0 Å². The highest BCUT2D eigenvalue weighted by molar-refractivity contribution is 5.82. The monoisotopic (exact) mass is 200 g/mol. The summed E-state index contributed by atoms with van der Waals surface area (Å²) in [6, 6.07) is 2.75. The fourth-order valence-corrected chi connectivity index (χ4v) is 1.26. The molecule has 0 aliphatic heterocycles. The Labute approximate surface area is 80.5 Å². The maximum Gasteiger partial charge on any atom is 0.267 e. The van der Waals surface area contributed by atoms with Crippen molar-refractivity contribution in [1.29, 1.82) is 0 Å². The predicted octanol–water partition coefficient (Wildman–Crippen LogP) is 2.75. The Bertz CT molecular complexity index is 348. The van der Waals surface area contributed by atoms with E-state index in [9.17, 15) is 13.6 Å². The summed E-state index contributed by atoms with van der Waals surface area (Å²) < 4.78 is 29.7. The Hall–Kier alpha value is -1.45. The summed E-state index contributed by atoms with van der Waals surface area (Å²) in [7, 11) is 1.27. The first kappa shape index (κ1) is 10.6. The molecular formula is C10H10F2O2. The minimum atomic E-state index is -2.63. The summed E-state index contributed by atoms with van der Waals surface area (Å²) >= 11 is 0. The van der Waals surface area contributed by atoms with E-state index in [-0.39, 0.29) is 16.9 Å². The van der Waals surface area contributed by atoms with Crippen LogP contribution in [0, 0.1) is 6.92 Å². The first-order chi connectivity index (χ1) is 6.61. The van der Waals surface area contributed by atoms with Crippen LogP contribution < -0.4 is 4.74 Å². The molecule has 0 heterocycles.